The van der Waals surface area contributed by atoms with Crippen molar-refractivity contribution in [2.45, 2.75) is 6.43 Å². The van der Waals surface area contributed by atoms with Gasteiger partial charge < -0.3 is 4.74 Å². The zero-order valence-corrected chi connectivity index (χ0v) is 8.72. The molecule has 1 aromatic heterocycles. The van der Waals surface area contributed by atoms with Gasteiger partial charge >= 0.3 is 5.97 Å². The fourth-order valence-corrected chi connectivity index (χ4v) is 1.44. The Balaban J connectivity index is 3.20. The molecule has 6 heteroatoms. The first-order valence-electron chi connectivity index (χ1n) is 3.58. The number of alkyl halides is 2. The van der Waals surface area contributed by atoms with Crippen LogP contribution in [0.25, 0.3) is 0 Å². The van der Waals surface area contributed by atoms with Gasteiger partial charge in [-0.05, 0) is 22.0 Å². The van der Waals surface area contributed by atoms with Gasteiger partial charge in [0.1, 0.15) is 0 Å². The molecule has 14 heavy (non-hydrogen) atoms. The SMILES string of the molecule is COC(=O)c1nccc(C(F)F)c1Br. The highest BCUT2D eigenvalue weighted by molar-refractivity contribution is 9.10. The van der Waals surface area contributed by atoms with Crippen LogP contribution < -0.4 is 0 Å². The second-order valence-electron chi connectivity index (χ2n) is 2.36. The highest BCUT2D eigenvalue weighted by Gasteiger charge is 2.19. The maximum absolute atomic E-state index is 12.4. The van der Waals surface area contributed by atoms with Gasteiger partial charge in [-0.3, -0.25) is 0 Å². The van der Waals surface area contributed by atoms with E-state index in [9.17, 15) is 13.6 Å². The minimum absolute atomic E-state index is 0.0261. The van der Waals surface area contributed by atoms with Crippen molar-refractivity contribution in [3.63, 3.8) is 0 Å². The Labute approximate surface area is 87.2 Å². The number of halogens is 3. The van der Waals surface area contributed by atoms with E-state index in [-0.39, 0.29) is 15.7 Å². The van der Waals surface area contributed by atoms with E-state index in [0.717, 1.165) is 19.4 Å². The smallest absolute Gasteiger partial charge is 0.357 e. The quantitative estimate of drug-likeness (QED) is 0.772. The minimum Gasteiger partial charge on any atom is -0.464 e. The molecule has 1 heterocycles. The van der Waals surface area contributed by atoms with Crippen molar-refractivity contribution in [2.24, 2.45) is 0 Å². The number of nitrogens with zero attached hydrogens (tertiary/aromatic N) is 1. The molecular formula is C8H6BrF2NO2. The molecule has 0 aliphatic rings. The number of methoxy groups -OCH3 is 1. The van der Waals surface area contributed by atoms with Crippen LogP contribution in [-0.2, 0) is 4.74 Å². The van der Waals surface area contributed by atoms with E-state index < -0.39 is 12.4 Å². The molecule has 0 bridgehead atoms. The number of ether oxygens (including phenoxy) is 1. The summed E-state index contributed by atoms with van der Waals surface area (Å²) >= 11 is 2.88. The van der Waals surface area contributed by atoms with Crippen LogP contribution in [0.5, 0.6) is 0 Å². The second kappa shape index (κ2) is 4.45. The van der Waals surface area contributed by atoms with E-state index >= 15 is 0 Å². The molecule has 0 radical (unpaired) electrons. The van der Waals surface area contributed by atoms with Gasteiger partial charge in [0.15, 0.2) is 5.69 Å². The molecule has 0 amide bonds. The Morgan fingerprint density at radius 1 is 1.64 bits per heavy atom. The molecule has 0 aliphatic carbocycles. The normalized spacial score (nSPS) is 10.4. The molecule has 3 nitrogen and oxygen atoms in total. The van der Waals surface area contributed by atoms with Gasteiger partial charge in [-0.2, -0.15) is 0 Å². The topological polar surface area (TPSA) is 39.2 Å². The van der Waals surface area contributed by atoms with Crippen molar-refractivity contribution in [3.8, 4) is 0 Å². The molecule has 1 aromatic rings. The van der Waals surface area contributed by atoms with Crippen LogP contribution in [0.2, 0.25) is 0 Å². The largest absolute Gasteiger partial charge is 0.464 e. The van der Waals surface area contributed by atoms with Crippen LogP contribution in [0.3, 0.4) is 0 Å². The lowest BCUT2D eigenvalue weighted by Gasteiger charge is -2.05. The molecule has 0 N–H and O–H groups in total. The Morgan fingerprint density at radius 2 is 2.29 bits per heavy atom. The number of pyridine rings is 1. The van der Waals surface area contributed by atoms with E-state index in [2.05, 4.69) is 25.7 Å². The average Bonchev–Trinajstić information content (AvgIpc) is 2.16. The van der Waals surface area contributed by atoms with Gasteiger partial charge in [0.05, 0.1) is 11.6 Å². The van der Waals surface area contributed by atoms with Crippen molar-refractivity contribution in [3.05, 3.63) is 28.0 Å². The maximum Gasteiger partial charge on any atom is 0.357 e. The Kier molecular flexibility index (Phi) is 3.51. The van der Waals surface area contributed by atoms with E-state index in [1.54, 1.807) is 0 Å². The fourth-order valence-electron chi connectivity index (χ4n) is 0.866. The predicted molar refractivity (Wildman–Crippen MR) is 48.2 cm³/mol. The Bertz CT molecular complexity index is 357. The van der Waals surface area contributed by atoms with Crippen molar-refractivity contribution in [1.82, 2.24) is 4.98 Å². The summed E-state index contributed by atoms with van der Waals surface area (Å²) in [6.45, 7) is 0. The first-order valence-corrected chi connectivity index (χ1v) is 4.38. The van der Waals surface area contributed by atoms with E-state index in [1.807, 2.05) is 0 Å². The van der Waals surface area contributed by atoms with Crippen molar-refractivity contribution in [1.29, 1.82) is 0 Å². The number of aromatic nitrogens is 1. The molecule has 0 fully saturated rings. The van der Waals surface area contributed by atoms with Crippen LogP contribution >= 0.6 is 15.9 Å². The molecule has 0 saturated carbocycles. The third kappa shape index (κ3) is 2.06. The summed E-state index contributed by atoms with van der Waals surface area (Å²) in [6, 6.07) is 1.14. The fraction of sp³-hybridized carbons (Fsp3) is 0.250. The Hall–Kier alpha value is -1.04. The summed E-state index contributed by atoms with van der Waals surface area (Å²) in [6.07, 6.45) is -1.52. The van der Waals surface area contributed by atoms with Crippen molar-refractivity contribution < 1.29 is 18.3 Å². The van der Waals surface area contributed by atoms with Crippen molar-refractivity contribution in [2.75, 3.05) is 7.11 Å². The first-order chi connectivity index (χ1) is 6.57. The van der Waals surface area contributed by atoms with E-state index in [1.165, 1.54) is 0 Å². The summed E-state index contributed by atoms with van der Waals surface area (Å²) in [7, 11) is 1.16. The van der Waals surface area contributed by atoms with Gasteiger partial charge in [-0.15, -0.1) is 0 Å². The van der Waals surface area contributed by atoms with Crippen LogP contribution in [0.4, 0.5) is 8.78 Å². The Morgan fingerprint density at radius 3 is 2.79 bits per heavy atom. The van der Waals surface area contributed by atoms with Gasteiger partial charge in [0.25, 0.3) is 6.43 Å². The van der Waals surface area contributed by atoms with E-state index in [4.69, 9.17) is 0 Å². The van der Waals surface area contributed by atoms with Crippen LogP contribution in [-0.4, -0.2) is 18.1 Å². The van der Waals surface area contributed by atoms with Gasteiger partial charge in [-0.25, -0.2) is 18.6 Å². The standard InChI is InChI=1S/C8H6BrF2NO2/c1-14-8(13)6-5(9)4(7(10)11)2-3-12-6/h2-3,7H,1H3. The lowest BCUT2D eigenvalue weighted by atomic mass is 10.2. The summed E-state index contributed by atoms with van der Waals surface area (Å²) in [5, 5.41) is 0. The lowest BCUT2D eigenvalue weighted by Crippen LogP contribution is -2.06. The summed E-state index contributed by atoms with van der Waals surface area (Å²) < 4.78 is 29.1. The summed E-state index contributed by atoms with van der Waals surface area (Å²) in [5.74, 6) is -0.751. The number of rotatable bonds is 2. The molecule has 1 rings (SSSR count). The molecule has 0 saturated heterocycles. The highest BCUT2D eigenvalue weighted by atomic mass is 79.9. The molecule has 76 valence electrons. The number of esters is 1. The summed E-state index contributed by atoms with van der Waals surface area (Å²) in [4.78, 5) is 14.7. The number of carbonyl (C=O) groups is 1. The zero-order valence-electron chi connectivity index (χ0n) is 7.13. The molecule has 0 aromatic carbocycles. The monoisotopic (exact) mass is 265 g/mol. The van der Waals surface area contributed by atoms with Crippen LogP contribution in [0, 0.1) is 0 Å². The number of hydrogen-bond acceptors (Lipinski definition) is 3. The second-order valence-corrected chi connectivity index (χ2v) is 3.15. The first kappa shape index (κ1) is 11.0. The minimum atomic E-state index is -2.66. The van der Waals surface area contributed by atoms with E-state index in [0.29, 0.717) is 0 Å². The van der Waals surface area contributed by atoms with Crippen LogP contribution in [0.1, 0.15) is 22.5 Å². The number of carbonyl (C=O) groups excluding carboxylic acids is 1. The molecule has 0 spiro atoms. The van der Waals surface area contributed by atoms with Gasteiger partial charge in [-0.1, -0.05) is 0 Å². The molecule has 0 aliphatic heterocycles. The number of hydrogen-bond donors (Lipinski definition) is 0. The summed E-state index contributed by atoms with van der Waals surface area (Å²) in [5.41, 5.74) is -0.425. The average molecular weight is 266 g/mol. The maximum atomic E-state index is 12.4. The predicted octanol–water partition coefficient (Wildman–Crippen LogP) is 2.57. The van der Waals surface area contributed by atoms with Gasteiger partial charge in [0, 0.05) is 11.8 Å². The zero-order chi connectivity index (χ0) is 10.7. The molecule has 0 atom stereocenters. The highest BCUT2D eigenvalue weighted by Crippen LogP contribution is 2.28. The lowest BCUT2D eigenvalue weighted by molar-refractivity contribution is 0.0592. The third-order valence-electron chi connectivity index (χ3n) is 1.53. The molecule has 0 unspecified atom stereocenters. The third-order valence-corrected chi connectivity index (χ3v) is 2.37. The molecular weight excluding hydrogens is 260 g/mol. The van der Waals surface area contributed by atoms with Crippen LogP contribution in [0.15, 0.2) is 16.7 Å². The van der Waals surface area contributed by atoms with Crippen molar-refractivity contribution >= 4 is 21.9 Å². The van der Waals surface area contributed by atoms with Gasteiger partial charge in [0.2, 0.25) is 0 Å².